The molecule has 1 heterocycles. The first-order valence-electron chi connectivity index (χ1n) is 5.21. The van der Waals surface area contributed by atoms with Crippen LogP contribution in [0.4, 0.5) is 0 Å². The van der Waals surface area contributed by atoms with Crippen LogP contribution in [0.5, 0.6) is 0 Å². The number of rotatable bonds is 3. The van der Waals surface area contributed by atoms with Gasteiger partial charge >= 0.3 is 0 Å². The largest absolute Gasteiger partial charge is 0.359 e. The van der Waals surface area contributed by atoms with Crippen LogP contribution in [-0.4, -0.2) is 11.1 Å². The Labute approximate surface area is 123 Å². The van der Waals surface area contributed by atoms with Gasteiger partial charge in [-0.05, 0) is 47.7 Å². The average Bonchev–Trinajstić information content (AvgIpc) is 2.75. The third-order valence-electron chi connectivity index (χ3n) is 2.27. The Morgan fingerprint density at radius 2 is 2.28 bits per heavy atom. The van der Waals surface area contributed by atoms with Crippen LogP contribution in [0.25, 0.3) is 0 Å². The number of aryl methyl sites for hydroxylation is 1. The van der Waals surface area contributed by atoms with Crippen LogP contribution in [0.15, 0.2) is 28.8 Å². The van der Waals surface area contributed by atoms with Gasteiger partial charge in [0.15, 0.2) is 5.76 Å². The second-order valence-electron chi connectivity index (χ2n) is 3.74. The Balaban J connectivity index is 2.05. The highest BCUT2D eigenvalue weighted by Gasteiger charge is 2.11. The Morgan fingerprint density at radius 1 is 1.50 bits per heavy atom. The molecule has 4 nitrogen and oxygen atoms in total. The molecule has 0 unspecified atom stereocenters. The first-order valence-corrected chi connectivity index (χ1v) is 6.67. The minimum absolute atomic E-state index is 0.184. The molecular weight excluding hydrogens is 367 g/mol. The molecule has 1 N–H and O–H groups in total. The van der Waals surface area contributed by atoms with Crippen LogP contribution in [0.2, 0.25) is 5.02 Å². The molecule has 94 valence electrons. The van der Waals surface area contributed by atoms with Crippen molar-refractivity contribution >= 4 is 40.1 Å². The predicted molar refractivity (Wildman–Crippen MR) is 76.6 cm³/mol. The molecule has 0 aliphatic heterocycles. The summed E-state index contributed by atoms with van der Waals surface area (Å²) in [6.45, 7) is 2.14. The monoisotopic (exact) mass is 376 g/mol. The van der Waals surface area contributed by atoms with Gasteiger partial charge in [0.1, 0.15) is 0 Å². The fourth-order valence-corrected chi connectivity index (χ4v) is 2.19. The van der Waals surface area contributed by atoms with Crippen LogP contribution in [0.3, 0.4) is 0 Å². The molecule has 0 radical (unpaired) electrons. The average molecular weight is 377 g/mol. The second kappa shape index (κ2) is 5.71. The summed E-state index contributed by atoms with van der Waals surface area (Å²) >= 11 is 7.97. The maximum absolute atomic E-state index is 12.0. The van der Waals surface area contributed by atoms with Gasteiger partial charge in [0.2, 0.25) is 0 Å². The zero-order valence-electron chi connectivity index (χ0n) is 9.54. The lowest BCUT2D eigenvalue weighted by Crippen LogP contribution is -2.23. The van der Waals surface area contributed by atoms with Crippen molar-refractivity contribution < 1.29 is 9.32 Å². The number of hydrogen-bond donors (Lipinski definition) is 1. The number of aromatic nitrogens is 1. The van der Waals surface area contributed by atoms with Crippen LogP contribution in [0.1, 0.15) is 21.8 Å². The molecule has 1 aromatic carbocycles. The van der Waals surface area contributed by atoms with Gasteiger partial charge in [-0.25, -0.2) is 0 Å². The summed E-state index contributed by atoms with van der Waals surface area (Å²) in [5.74, 6) is 0.439. The van der Waals surface area contributed by atoms with Gasteiger partial charge in [-0.1, -0.05) is 16.8 Å². The van der Waals surface area contributed by atoms with E-state index < -0.39 is 0 Å². The number of benzene rings is 1. The number of nitrogens with one attached hydrogen (secondary N) is 1. The molecule has 0 saturated carbocycles. The molecule has 6 heteroatoms. The van der Waals surface area contributed by atoms with Crippen molar-refractivity contribution in [3.63, 3.8) is 0 Å². The fourth-order valence-electron chi connectivity index (χ4n) is 1.43. The lowest BCUT2D eigenvalue weighted by atomic mass is 10.2. The molecule has 0 bridgehead atoms. The zero-order chi connectivity index (χ0) is 13.1. The summed E-state index contributed by atoms with van der Waals surface area (Å²) in [7, 11) is 0. The molecule has 0 spiro atoms. The summed E-state index contributed by atoms with van der Waals surface area (Å²) in [6.07, 6.45) is 0. The zero-order valence-corrected chi connectivity index (χ0v) is 12.4. The molecule has 1 aromatic heterocycles. The highest BCUT2D eigenvalue weighted by molar-refractivity contribution is 14.1. The number of halogens is 2. The van der Waals surface area contributed by atoms with E-state index in [0.29, 0.717) is 22.9 Å². The fraction of sp³-hybridized carbons (Fsp3) is 0.167. The first kappa shape index (κ1) is 13.4. The van der Waals surface area contributed by atoms with Crippen molar-refractivity contribution in [3.05, 3.63) is 49.9 Å². The van der Waals surface area contributed by atoms with Crippen LogP contribution < -0.4 is 5.32 Å². The third-order valence-corrected chi connectivity index (χ3v) is 3.45. The van der Waals surface area contributed by atoms with E-state index >= 15 is 0 Å². The van der Waals surface area contributed by atoms with Crippen LogP contribution >= 0.6 is 34.2 Å². The normalized spacial score (nSPS) is 10.4. The molecule has 18 heavy (non-hydrogen) atoms. The molecule has 2 rings (SSSR count). The molecule has 0 atom stereocenters. The standard InChI is InChI=1S/C12H10ClIN2O2/c1-7-4-9(18-16-7)6-15-12(17)10-5-8(13)2-3-11(10)14/h2-5H,6H2,1H3,(H,15,17). The molecule has 0 aliphatic carbocycles. The Bertz CT molecular complexity index is 583. The Kier molecular flexibility index (Phi) is 4.23. The van der Waals surface area contributed by atoms with Crippen molar-refractivity contribution in [2.45, 2.75) is 13.5 Å². The van der Waals surface area contributed by atoms with Crippen molar-refractivity contribution in [1.29, 1.82) is 0 Å². The quantitative estimate of drug-likeness (QED) is 0.837. The third kappa shape index (κ3) is 3.23. The van der Waals surface area contributed by atoms with Crippen LogP contribution in [0, 0.1) is 10.5 Å². The molecule has 0 aliphatic rings. The minimum atomic E-state index is -0.184. The van der Waals surface area contributed by atoms with Crippen molar-refractivity contribution in [2.75, 3.05) is 0 Å². The highest BCUT2D eigenvalue weighted by Crippen LogP contribution is 2.18. The van der Waals surface area contributed by atoms with Gasteiger partial charge < -0.3 is 9.84 Å². The van der Waals surface area contributed by atoms with Gasteiger partial charge in [-0.3, -0.25) is 4.79 Å². The summed E-state index contributed by atoms with van der Waals surface area (Å²) in [4.78, 5) is 12.0. The number of carbonyl (C=O) groups is 1. The summed E-state index contributed by atoms with van der Waals surface area (Å²) in [5, 5.41) is 7.05. The topological polar surface area (TPSA) is 55.1 Å². The first-order chi connectivity index (χ1) is 8.56. The highest BCUT2D eigenvalue weighted by atomic mass is 127. The Hall–Kier alpha value is -1.08. The van der Waals surface area contributed by atoms with Gasteiger partial charge in [0, 0.05) is 14.7 Å². The van der Waals surface area contributed by atoms with E-state index in [1.54, 1.807) is 24.3 Å². The van der Waals surface area contributed by atoms with Crippen LogP contribution in [-0.2, 0) is 6.54 Å². The number of nitrogens with zero attached hydrogens (tertiary/aromatic N) is 1. The lowest BCUT2D eigenvalue weighted by Gasteiger charge is -2.05. The smallest absolute Gasteiger partial charge is 0.252 e. The van der Waals surface area contributed by atoms with E-state index in [1.165, 1.54) is 0 Å². The van der Waals surface area contributed by atoms with E-state index in [0.717, 1.165) is 9.26 Å². The summed E-state index contributed by atoms with van der Waals surface area (Å²) in [5.41, 5.74) is 1.34. The predicted octanol–water partition coefficient (Wildman–Crippen LogP) is 3.17. The second-order valence-corrected chi connectivity index (χ2v) is 5.34. The molecule has 2 aromatic rings. The minimum Gasteiger partial charge on any atom is -0.359 e. The summed E-state index contributed by atoms with van der Waals surface area (Å²) < 4.78 is 5.86. The van der Waals surface area contributed by atoms with Gasteiger partial charge in [0.25, 0.3) is 5.91 Å². The molecule has 0 saturated heterocycles. The molecule has 1 amide bonds. The maximum atomic E-state index is 12.0. The molecular formula is C12H10ClIN2O2. The number of amides is 1. The number of hydrogen-bond acceptors (Lipinski definition) is 3. The summed E-state index contributed by atoms with van der Waals surface area (Å²) in [6, 6.07) is 6.98. The Morgan fingerprint density at radius 3 is 2.94 bits per heavy atom. The van der Waals surface area contributed by atoms with E-state index in [1.807, 2.05) is 6.92 Å². The maximum Gasteiger partial charge on any atom is 0.252 e. The SMILES string of the molecule is Cc1cc(CNC(=O)c2cc(Cl)ccc2I)on1. The molecule has 0 fully saturated rings. The van der Waals surface area contributed by atoms with E-state index in [2.05, 4.69) is 33.1 Å². The van der Waals surface area contributed by atoms with Crippen molar-refractivity contribution in [2.24, 2.45) is 0 Å². The van der Waals surface area contributed by atoms with E-state index in [4.69, 9.17) is 16.1 Å². The van der Waals surface area contributed by atoms with Gasteiger partial charge in [-0.2, -0.15) is 0 Å². The lowest BCUT2D eigenvalue weighted by molar-refractivity contribution is 0.0946. The van der Waals surface area contributed by atoms with Crippen molar-refractivity contribution in [1.82, 2.24) is 10.5 Å². The van der Waals surface area contributed by atoms with Gasteiger partial charge in [-0.15, -0.1) is 0 Å². The number of carbonyl (C=O) groups excluding carboxylic acids is 1. The van der Waals surface area contributed by atoms with Gasteiger partial charge in [0.05, 0.1) is 17.8 Å². The van der Waals surface area contributed by atoms with E-state index in [-0.39, 0.29) is 5.91 Å². The van der Waals surface area contributed by atoms with E-state index in [9.17, 15) is 4.79 Å². The van der Waals surface area contributed by atoms with Crippen molar-refractivity contribution in [3.8, 4) is 0 Å².